The second kappa shape index (κ2) is 6.57. The topological polar surface area (TPSA) is 57.7 Å². The largest absolute Gasteiger partial charge is 0.308 e. The number of benzene rings is 2. The fourth-order valence-electron chi connectivity index (χ4n) is 3.08. The normalized spacial score (nSPS) is 17.0. The fourth-order valence-corrected chi connectivity index (χ4v) is 4.20. The minimum absolute atomic E-state index is 0.0215. The number of nitrogens with zero attached hydrogens (tertiary/aromatic N) is 2. The first kappa shape index (κ1) is 17.6. The van der Waals surface area contributed by atoms with Crippen molar-refractivity contribution in [2.24, 2.45) is 0 Å². The van der Waals surface area contributed by atoms with Crippen LogP contribution < -0.4 is 4.90 Å². The van der Waals surface area contributed by atoms with Gasteiger partial charge in [0.05, 0.1) is 11.4 Å². The average Bonchev–Trinajstić information content (AvgIpc) is 2.90. The highest BCUT2D eigenvalue weighted by molar-refractivity contribution is 7.89. The Kier molecular flexibility index (Phi) is 4.62. The molecule has 0 aromatic heterocycles. The molecule has 1 atom stereocenters. The maximum absolute atomic E-state index is 13.0. The van der Waals surface area contributed by atoms with Gasteiger partial charge in [-0.1, -0.05) is 18.2 Å². The van der Waals surface area contributed by atoms with Crippen molar-refractivity contribution in [1.29, 1.82) is 0 Å². The van der Waals surface area contributed by atoms with Crippen molar-refractivity contribution in [2.45, 2.75) is 24.3 Å². The van der Waals surface area contributed by atoms with Gasteiger partial charge in [-0.25, -0.2) is 12.8 Å². The minimum Gasteiger partial charge on any atom is -0.308 e. The molecular formula is C18H19FN2O3S. The van der Waals surface area contributed by atoms with Crippen molar-refractivity contribution in [3.05, 3.63) is 59.9 Å². The molecule has 3 rings (SSSR count). The van der Waals surface area contributed by atoms with E-state index in [1.54, 1.807) is 4.90 Å². The molecule has 2 aromatic rings. The third kappa shape index (κ3) is 3.29. The number of carbonyl (C=O) groups is 1. The van der Waals surface area contributed by atoms with Gasteiger partial charge in [0.2, 0.25) is 15.9 Å². The van der Waals surface area contributed by atoms with Gasteiger partial charge in [0.1, 0.15) is 5.82 Å². The summed E-state index contributed by atoms with van der Waals surface area (Å²) in [7, 11) is -2.51. The molecule has 0 spiro atoms. The van der Waals surface area contributed by atoms with E-state index in [2.05, 4.69) is 0 Å². The lowest BCUT2D eigenvalue weighted by molar-refractivity contribution is -0.118. The molecule has 0 fully saturated rings. The summed E-state index contributed by atoms with van der Waals surface area (Å²) >= 11 is 0. The standard InChI is InChI=1S/C18H19FN2O3S/c1-13-11-14-5-3-4-6-17(14)21(13)18(22)12-20(2)25(23,24)16-9-7-15(19)8-10-16/h3-10,13H,11-12H2,1-2H3. The Balaban J connectivity index is 1.80. The van der Waals surface area contributed by atoms with Crippen molar-refractivity contribution in [3.8, 4) is 0 Å². The molecule has 5 nitrogen and oxygen atoms in total. The number of sulfonamides is 1. The summed E-state index contributed by atoms with van der Waals surface area (Å²) in [6.45, 7) is 1.66. The lowest BCUT2D eigenvalue weighted by atomic mass is 10.1. The fraction of sp³-hybridized carbons (Fsp3) is 0.278. The van der Waals surface area contributed by atoms with E-state index in [1.165, 1.54) is 19.2 Å². The number of hydrogen-bond donors (Lipinski definition) is 0. The van der Waals surface area contributed by atoms with Crippen LogP contribution in [0.15, 0.2) is 53.4 Å². The van der Waals surface area contributed by atoms with Crippen LogP contribution in [0.3, 0.4) is 0 Å². The summed E-state index contributed by atoms with van der Waals surface area (Å²) in [5.74, 6) is -0.800. The molecule has 1 aliphatic rings. The first-order chi connectivity index (χ1) is 11.8. The Bertz CT molecular complexity index is 897. The predicted molar refractivity (Wildman–Crippen MR) is 93.3 cm³/mol. The molecule has 0 saturated heterocycles. The van der Waals surface area contributed by atoms with Crippen LogP contribution in [0.2, 0.25) is 0 Å². The maximum Gasteiger partial charge on any atom is 0.243 e. The van der Waals surface area contributed by atoms with Crippen LogP contribution in [0.25, 0.3) is 0 Å². The molecule has 0 radical (unpaired) electrons. The average molecular weight is 362 g/mol. The molecule has 7 heteroatoms. The van der Waals surface area contributed by atoms with E-state index in [0.717, 1.165) is 34.1 Å². The lowest BCUT2D eigenvalue weighted by Crippen LogP contribution is -2.43. The molecule has 2 aromatic carbocycles. The Morgan fingerprint density at radius 2 is 1.84 bits per heavy atom. The van der Waals surface area contributed by atoms with Gasteiger partial charge in [0.25, 0.3) is 0 Å². The number of amides is 1. The van der Waals surface area contributed by atoms with Gasteiger partial charge in [-0.05, 0) is 49.2 Å². The number of likely N-dealkylation sites (N-methyl/N-ethyl adjacent to an activating group) is 1. The molecular weight excluding hydrogens is 343 g/mol. The van der Waals surface area contributed by atoms with Crippen LogP contribution >= 0.6 is 0 Å². The number of fused-ring (bicyclic) bond motifs is 1. The summed E-state index contributed by atoms with van der Waals surface area (Å²) in [4.78, 5) is 14.3. The van der Waals surface area contributed by atoms with Crippen molar-refractivity contribution in [1.82, 2.24) is 4.31 Å². The zero-order chi connectivity index (χ0) is 18.2. The molecule has 1 amide bonds. The highest BCUT2D eigenvalue weighted by atomic mass is 32.2. The molecule has 0 aliphatic carbocycles. The van der Waals surface area contributed by atoms with Gasteiger partial charge in [-0.2, -0.15) is 4.31 Å². The van der Waals surface area contributed by atoms with E-state index < -0.39 is 15.8 Å². The highest BCUT2D eigenvalue weighted by Crippen LogP contribution is 2.32. The van der Waals surface area contributed by atoms with Crippen LogP contribution in [-0.4, -0.2) is 38.3 Å². The second-order valence-electron chi connectivity index (χ2n) is 6.16. The van der Waals surface area contributed by atoms with Gasteiger partial charge >= 0.3 is 0 Å². The number of rotatable bonds is 4. The Morgan fingerprint density at radius 1 is 1.20 bits per heavy atom. The van der Waals surface area contributed by atoms with E-state index in [4.69, 9.17) is 0 Å². The van der Waals surface area contributed by atoms with Crippen LogP contribution in [0.5, 0.6) is 0 Å². The van der Waals surface area contributed by atoms with Crippen LogP contribution in [0, 0.1) is 5.82 Å². The van der Waals surface area contributed by atoms with Crippen LogP contribution in [0.1, 0.15) is 12.5 Å². The SMILES string of the molecule is CC1Cc2ccccc2N1C(=O)CN(C)S(=O)(=O)c1ccc(F)cc1. The number of anilines is 1. The first-order valence-electron chi connectivity index (χ1n) is 7.92. The van der Waals surface area contributed by atoms with Gasteiger partial charge in [-0.3, -0.25) is 4.79 Å². The van der Waals surface area contributed by atoms with Crippen molar-refractivity contribution >= 4 is 21.6 Å². The van der Waals surface area contributed by atoms with E-state index in [0.29, 0.717) is 0 Å². The molecule has 25 heavy (non-hydrogen) atoms. The number of halogens is 1. The van der Waals surface area contributed by atoms with Crippen LogP contribution in [0.4, 0.5) is 10.1 Å². The van der Waals surface area contributed by atoms with Gasteiger partial charge in [0, 0.05) is 18.8 Å². The molecule has 0 saturated carbocycles. The summed E-state index contributed by atoms with van der Waals surface area (Å²) in [6.07, 6.45) is 0.746. The molecule has 132 valence electrons. The van der Waals surface area contributed by atoms with Crippen LogP contribution in [-0.2, 0) is 21.2 Å². The second-order valence-corrected chi connectivity index (χ2v) is 8.21. The lowest BCUT2D eigenvalue weighted by Gasteiger charge is -2.25. The Hall–Kier alpha value is -2.25. The van der Waals surface area contributed by atoms with Gasteiger partial charge in [-0.15, -0.1) is 0 Å². The number of para-hydroxylation sites is 1. The van der Waals surface area contributed by atoms with Crippen molar-refractivity contribution < 1.29 is 17.6 Å². The van der Waals surface area contributed by atoms with Gasteiger partial charge < -0.3 is 4.90 Å². The van der Waals surface area contributed by atoms with E-state index in [1.807, 2.05) is 31.2 Å². The van der Waals surface area contributed by atoms with Gasteiger partial charge in [0.15, 0.2) is 0 Å². The first-order valence-corrected chi connectivity index (χ1v) is 9.36. The highest BCUT2D eigenvalue weighted by Gasteiger charge is 2.33. The summed E-state index contributed by atoms with van der Waals surface area (Å²) < 4.78 is 39.1. The summed E-state index contributed by atoms with van der Waals surface area (Å²) in [6, 6.07) is 12.2. The van der Waals surface area contributed by atoms with E-state index >= 15 is 0 Å². The number of hydrogen-bond acceptors (Lipinski definition) is 3. The molecule has 1 unspecified atom stereocenters. The monoisotopic (exact) mass is 362 g/mol. The maximum atomic E-state index is 13.0. The quantitative estimate of drug-likeness (QED) is 0.839. The third-order valence-corrected chi connectivity index (χ3v) is 6.17. The summed E-state index contributed by atoms with van der Waals surface area (Å²) in [5, 5.41) is 0. The molecule has 1 heterocycles. The minimum atomic E-state index is -3.86. The van der Waals surface area contributed by atoms with E-state index in [9.17, 15) is 17.6 Å². The predicted octanol–water partition coefficient (Wildman–Crippen LogP) is 2.42. The van der Waals surface area contributed by atoms with E-state index in [-0.39, 0.29) is 23.4 Å². The molecule has 1 aliphatic heterocycles. The Labute approximate surface area is 146 Å². The third-order valence-electron chi connectivity index (χ3n) is 4.36. The molecule has 0 bridgehead atoms. The smallest absolute Gasteiger partial charge is 0.243 e. The van der Waals surface area contributed by atoms with Crippen molar-refractivity contribution in [2.75, 3.05) is 18.5 Å². The summed E-state index contributed by atoms with van der Waals surface area (Å²) in [5.41, 5.74) is 1.90. The molecule has 0 N–H and O–H groups in total. The zero-order valence-electron chi connectivity index (χ0n) is 14.0. The zero-order valence-corrected chi connectivity index (χ0v) is 14.8. The Morgan fingerprint density at radius 3 is 2.52 bits per heavy atom. The van der Waals surface area contributed by atoms with Crippen molar-refractivity contribution in [3.63, 3.8) is 0 Å². The number of carbonyl (C=O) groups excluding carboxylic acids is 1.